The second-order valence-corrected chi connectivity index (χ2v) is 7.75. The Balaban J connectivity index is 1.23. The predicted molar refractivity (Wildman–Crippen MR) is 127 cm³/mol. The van der Waals surface area contributed by atoms with E-state index in [9.17, 15) is 4.79 Å². The Morgan fingerprint density at radius 1 is 0.909 bits per heavy atom. The van der Waals surface area contributed by atoms with Gasteiger partial charge in [0.15, 0.2) is 0 Å². The van der Waals surface area contributed by atoms with Crippen molar-refractivity contribution in [1.29, 1.82) is 0 Å². The van der Waals surface area contributed by atoms with Gasteiger partial charge in [0.1, 0.15) is 24.0 Å². The Hall–Kier alpha value is -4.17. The first-order chi connectivity index (χ1) is 16.2. The van der Waals surface area contributed by atoms with Gasteiger partial charge in [0, 0.05) is 12.1 Å². The molecule has 0 spiro atoms. The molecule has 5 N–H and O–H groups in total. The number of fused-ring (bicyclic) bond motifs is 2. The van der Waals surface area contributed by atoms with E-state index in [2.05, 4.69) is 25.3 Å². The minimum atomic E-state index is -0.161. The van der Waals surface area contributed by atoms with Crippen molar-refractivity contribution in [2.24, 2.45) is 5.73 Å². The number of rotatable bonds is 8. The third-order valence-electron chi connectivity index (χ3n) is 5.36. The number of carbonyl (C=O) groups is 1. The van der Waals surface area contributed by atoms with Crippen LogP contribution >= 0.6 is 0 Å². The molecule has 0 radical (unpaired) electrons. The number of nitrogens with one attached hydrogen (secondary N) is 3. The van der Waals surface area contributed by atoms with Crippen LogP contribution < -0.4 is 15.8 Å². The number of imidazole rings is 2. The highest BCUT2D eigenvalue weighted by Gasteiger charge is 2.11. The summed E-state index contributed by atoms with van der Waals surface area (Å²) in [6, 6.07) is 20.9. The van der Waals surface area contributed by atoms with E-state index in [4.69, 9.17) is 10.5 Å². The molecule has 166 valence electrons. The van der Waals surface area contributed by atoms with Crippen LogP contribution in [0.2, 0.25) is 0 Å². The lowest BCUT2D eigenvalue weighted by molar-refractivity contribution is 0.0947. The Morgan fingerprint density at radius 2 is 1.61 bits per heavy atom. The van der Waals surface area contributed by atoms with Crippen LogP contribution in [0.4, 0.5) is 0 Å². The van der Waals surface area contributed by atoms with Crippen molar-refractivity contribution >= 4 is 28.0 Å². The molecule has 0 aliphatic heterocycles. The van der Waals surface area contributed by atoms with Gasteiger partial charge in [0.25, 0.3) is 5.91 Å². The monoisotopic (exact) mass is 440 g/mol. The molecule has 1 amide bonds. The smallest absolute Gasteiger partial charge is 0.251 e. The van der Waals surface area contributed by atoms with Crippen LogP contribution in [0.3, 0.4) is 0 Å². The molecule has 0 saturated carbocycles. The number of H-pyrrole nitrogens is 2. The van der Waals surface area contributed by atoms with E-state index in [0.29, 0.717) is 31.7 Å². The van der Waals surface area contributed by atoms with Crippen molar-refractivity contribution in [1.82, 2.24) is 25.3 Å². The molecule has 0 unspecified atom stereocenters. The summed E-state index contributed by atoms with van der Waals surface area (Å²) in [6.07, 6.45) is 0.527. The standard InChI is InChI=1S/C25H24N6O2/c26-15-16-6-8-19-21(12-16)30-23(28-19)14-24-29-20-9-7-17(13-22(20)31-24)25(32)27-10-11-33-18-4-2-1-3-5-18/h1-9,12-13H,10-11,14-15,26H2,(H,27,32)(H,28,30)(H,29,31). The molecule has 5 rings (SSSR count). The summed E-state index contributed by atoms with van der Waals surface area (Å²) in [5.74, 6) is 2.21. The first-order valence-electron chi connectivity index (χ1n) is 10.8. The molecule has 0 atom stereocenters. The summed E-state index contributed by atoms with van der Waals surface area (Å²) in [7, 11) is 0. The van der Waals surface area contributed by atoms with Crippen LogP contribution in [0.1, 0.15) is 27.6 Å². The zero-order valence-electron chi connectivity index (χ0n) is 18.0. The van der Waals surface area contributed by atoms with Crippen molar-refractivity contribution < 1.29 is 9.53 Å². The maximum absolute atomic E-state index is 12.5. The number of nitrogens with zero attached hydrogens (tertiary/aromatic N) is 2. The first-order valence-corrected chi connectivity index (χ1v) is 10.8. The summed E-state index contributed by atoms with van der Waals surface area (Å²) in [5.41, 5.74) is 10.8. The van der Waals surface area contributed by atoms with Gasteiger partial charge in [-0.1, -0.05) is 24.3 Å². The molecule has 2 heterocycles. The van der Waals surface area contributed by atoms with Crippen LogP contribution in [0.5, 0.6) is 5.75 Å². The Kier molecular flexibility index (Phi) is 5.73. The van der Waals surface area contributed by atoms with Crippen LogP contribution in [-0.2, 0) is 13.0 Å². The molecule has 2 aromatic heterocycles. The fourth-order valence-corrected chi connectivity index (χ4v) is 3.71. The topological polar surface area (TPSA) is 122 Å². The van der Waals surface area contributed by atoms with Crippen molar-refractivity contribution in [2.75, 3.05) is 13.2 Å². The quantitative estimate of drug-likeness (QED) is 0.276. The Morgan fingerprint density at radius 3 is 2.33 bits per heavy atom. The van der Waals surface area contributed by atoms with Crippen LogP contribution in [0.15, 0.2) is 66.7 Å². The molecule has 33 heavy (non-hydrogen) atoms. The third kappa shape index (κ3) is 4.70. The van der Waals surface area contributed by atoms with E-state index in [0.717, 1.165) is 45.0 Å². The van der Waals surface area contributed by atoms with Crippen LogP contribution in [0.25, 0.3) is 22.1 Å². The molecule has 8 nitrogen and oxygen atoms in total. The lowest BCUT2D eigenvalue weighted by Crippen LogP contribution is -2.28. The fourth-order valence-electron chi connectivity index (χ4n) is 3.71. The summed E-state index contributed by atoms with van der Waals surface area (Å²) in [6.45, 7) is 1.29. The molecular formula is C25H24N6O2. The number of carbonyl (C=O) groups excluding carboxylic acids is 1. The van der Waals surface area contributed by atoms with Gasteiger partial charge in [-0.2, -0.15) is 0 Å². The largest absolute Gasteiger partial charge is 0.492 e. The normalized spacial score (nSPS) is 11.2. The van der Waals surface area contributed by atoms with Gasteiger partial charge in [0.2, 0.25) is 0 Å². The molecule has 0 saturated heterocycles. The van der Waals surface area contributed by atoms with Crippen molar-refractivity contribution in [2.45, 2.75) is 13.0 Å². The van der Waals surface area contributed by atoms with Gasteiger partial charge in [-0.25, -0.2) is 9.97 Å². The van der Waals surface area contributed by atoms with E-state index in [-0.39, 0.29) is 5.91 Å². The molecule has 0 aliphatic carbocycles. The lowest BCUT2D eigenvalue weighted by Gasteiger charge is -2.07. The van der Waals surface area contributed by atoms with E-state index < -0.39 is 0 Å². The van der Waals surface area contributed by atoms with Crippen LogP contribution in [0, 0.1) is 0 Å². The SMILES string of the molecule is NCc1ccc2[nH]c(Cc3nc4cc(C(=O)NCCOc5ccccc5)ccc4[nH]3)nc2c1. The molecule has 0 bridgehead atoms. The molecule has 0 aliphatic rings. The molecule has 8 heteroatoms. The highest BCUT2D eigenvalue weighted by Crippen LogP contribution is 2.18. The molecule has 0 fully saturated rings. The number of nitrogens with two attached hydrogens (primary N) is 1. The highest BCUT2D eigenvalue weighted by atomic mass is 16.5. The van der Waals surface area contributed by atoms with Gasteiger partial charge < -0.3 is 25.8 Å². The van der Waals surface area contributed by atoms with Gasteiger partial charge in [-0.3, -0.25) is 4.79 Å². The maximum atomic E-state index is 12.5. The molecular weight excluding hydrogens is 416 g/mol. The fraction of sp³-hybridized carbons (Fsp3) is 0.160. The number of benzene rings is 3. The minimum absolute atomic E-state index is 0.161. The van der Waals surface area contributed by atoms with Gasteiger partial charge in [-0.15, -0.1) is 0 Å². The highest BCUT2D eigenvalue weighted by molar-refractivity contribution is 5.97. The Bertz CT molecular complexity index is 1410. The number of para-hydroxylation sites is 1. The van der Waals surface area contributed by atoms with E-state index in [1.54, 1.807) is 12.1 Å². The lowest BCUT2D eigenvalue weighted by atomic mass is 10.2. The number of hydrogen-bond donors (Lipinski definition) is 4. The summed E-state index contributed by atoms with van der Waals surface area (Å²) in [5, 5.41) is 2.88. The summed E-state index contributed by atoms with van der Waals surface area (Å²) in [4.78, 5) is 28.4. The molecule has 3 aromatic carbocycles. The number of aromatic amines is 2. The van der Waals surface area contributed by atoms with Crippen LogP contribution in [-0.4, -0.2) is 39.0 Å². The zero-order valence-corrected chi connectivity index (χ0v) is 18.0. The van der Waals surface area contributed by atoms with E-state index >= 15 is 0 Å². The second kappa shape index (κ2) is 9.13. The van der Waals surface area contributed by atoms with E-state index in [1.165, 1.54) is 0 Å². The summed E-state index contributed by atoms with van der Waals surface area (Å²) >= 11 is 0. The van der Waals surface area contributed by atoms with E-state index in [1.807, 2.05) is 54.6 Å². The average Bonchev–Trinajstić information content (AvgIpc) is 3.44. The summed E-state index contributed by atoms with van der Waals surface area (Å²) < 4.78 is 5.61. The second-order valence-electron chi connectivity index (χ2n) is 7.75. The predicted octanol–water partition coefficient (Wildman–Crippen LogP) is 3.30. The van der Waals surface area contributed by atoms with Gasteiger partial charge >= 0.3 is 0 Å². The van der Waals surface area contributed by atoms with Crippen molar-refractivity contribution in [3.63, 3.8) is 0 Å². The zero-order chi connectivity index (χ0) is 22.6. The number of hydrogen-bond acceptors (Lipinski definition) is 5. The third-order valence-corrected chi connectivity index (χ3v) is 5.36. The minimum Gasteiger partial charge on any atom is -0.492 e. The first kappa shape index (κ1) is 20.7. The van der Waals surface area contributed by atoms with Gasteiger partial charge in [0.05, 0.1) is 35.0 Å². The number of aromatic nitrogens is 4. The maximum Gasteiger partial charge on any atom is 0.251 e. The van der Waals surface area contributed by atoms with Gasteiger partial charge in [-0.05, 0) is 48.0 Å². The number of ether oxygens (including phenoxy) is 1. The van der Waals surface area contributed by atoms with Crippen molar-refractivity contribution in [3.8, 4) is 5.75 Å². The van der Waals surface area contributed by atoms with Crippen molar-refractivity contribution in [3.05, 3.63) is 89.5 Å². The molecule has 5 aromatic rings. The number of amides is 1. The average molecular weight is 441 g/mol. The Labute approximate surface area is 190 Å².